The van der Waals surface area contributed by atoms with E-state index in [1.165, 1.54) is 0 Å². The van der Waals surface area contributed by atoms with Gasteiger partial charge in [-0.25, -0.2) is 0 Å². The zero-order valence-corrected chi connectivity index (χ0v) is 12.3. The Morgan fingerprint density at radius 3 is 1.88 bits per heavy atom. The van der Waals surface area contributed by atoms with Crippen molar-refractivity contribution < 1.29 is 4.79 Å². The highest BCUT2D eigenvalue weighted by molar-refractivity contribution is 5.87. The number of Topliss-reactive ketones (excluding diaryl/α,β-unsaturated/α-hetero) is 1. The lowest BCUT2D eigenvalue weighted by Crippen LogP contribution is -2.58. The molecule has 2 nitrogen and oxygen atoms in total. The molecule has 96 valence electrons. The molecule has 0 radical (unpaired) electrons. The number of hydrogen-bond donors (Lipinski definition) is 1. The fourth-order valence-electron chi connectivity index (χ4n) is 2.01. The molecule has 0 aliphatic carbocycles. The third kappa shape index (κ3) is 3.31. The van der Waals surface area contributed by atoms with Crippen molar-refractivity contribution in [3.63, 3.8) is 0 Å². The molecule has 0 aromatic heterocycles. The second kappa shape index (κ2) is 5.31. The van der Waals surface area contributed by atoms with E-state index in [1.54, 1.807) is 0 Å². The van der Waals surface area contributed by atoms with E-state index >= 15 is 0 Å². The van der Waals surface area contributed by atoms with Crippen LogP contribution in [0, 0.1) is 11.3 Å². The van der Waals surface area contributed by atoms with Crippen LogP contribution in [0.3, 0.4) is 0 Å². The minimum atomic E-state index is -0.341. The van der Waals surface area contributed by atoms with Crippen LogP contribution in [0.25, 0.3) is 0 Å². The van der Waals surface area contributed by atoms with Gasteiger partial charge in [-0.1, -0.05) is 41.5 Å². The van der Waals surface area contributed by atoms with E-state index in [4.69, 9.17) is 0 Å². The predicted molar refractivity (Wildman–Crippen MR) is 70.6 cm³/mol. The normalized spacial score (nSPS) is 15.3. The summed E-state index contributed by atoms with van der Waals surface area (Å²) in [4.78, 5) is 12.4. The smallest absolute Gasteiger partial charge is 0.143 e. The van der Waals surface area contributed by atoms with Crippen LogP contribution in [-0.4, -0.2) is 17.4 Å². The van der Waals surface area contributed by atoms with Crippen molar-refractivity contribution in [1.29, 1.82) is 0 Å². The first kappa shape index (κ1) is 15.6. The summed E-state index contributed by atoms with van der Waals surface area (Å²) in [5.74, 6) is 0.497. The molecule has 0 bridgehead atoms. The lowest BCUT2D eigenvalue weighted by molar-refractivity contribution is -0.134. The number of hydrogen-bond acceptors (Lipinski definition) is 2. The molecular weight excluding hydrogens is 198 g/mol. The highest BCUT2D eigenvalue weighted by Crippen LogP contribution is 2.35. The highest BCUT2D eigenvalue weighted by atomic mass is 16.1. The molecule has 2 heteroatoms. The van der Waals surface area contributed by atoms with Crippen molar-refractivity contribution >= 4 is 5.78 Å². The van der Waals surface area contributed by atoms with Crippen LogP contribution in [0.5, 0.6) is 0 Å². The van der Waals surface area contributed by atoms with Gasteiger partial charge in [-0.2, -0.15) is 0 Å². The number of carbonyl (C=O) groups excluding carboxylic acids is 1. The number of nitrogens with one attached hydrogen (secondary N) is 1. The molecule has 0 rings (SSSR count). The molecule has 0 saturated heterocycles. The molecule has 0 aromatic carbocycles. The first-order valence-corrected chi connectivity index (χ1v) is 6.38. The van der Waals surface area contributed by atoms with E-state index in [0.29, 0.717) is 11.8 Å². The number of ketones is 1. The van der Waals surface area contributed by atoms with Gasteiger partial charge in [-0.15, -0.1) is 0 Å². The van der Waals surface area contributed by atoms with E-state index in [9.17, 15) is 4.79 Å². The van der Waals surface area contributed by atoms with Crippen LogP contribution in [0.2, 0.25) is 0 Å². The van der Waals surface area contributed by atoms with E-state index in [2.05, 4.69) is 53.8 Å². The third-order valence-electron chi connectivity index (χ3n) is 3.89. The van der Waals surface area contributed by atoms with Crippen LogP contribution in [0.1, 0.15) is 61.8 Å². The van der Waals surface area contributed by atoms with Gasteiger partial charge in [0.05, 0.1) is 0 Å². The third-order valence-corrected chi connectivity index (χ3v) is 3.89. The van der Waals surface area contributed by atoms with Gasteiger partial charge in [0.1, 0.15) is 5.78 Å². The Bertz CT molecular complexity index is 241. The predicted octanol–water partition coefficient (Wildman–Crippen LogP) is 3.40. The average Bonchev–Trinajstić information content (AvgIpc) is 2.13. The van der Waals surface area contributed by atoms with Gasteiger partial charge >= 0.3 is 0 Å². The van der Waals surface area contributed by atoms with E-state index in [-0.39, 0.29) is 16.9 Å². The summed E-state index contributed by atoms with van der Waals surface area (Å²) in [7, 11) is 0. The zero-order valence-electron chi connectivity index (χ0n) is 12.3. The zero-order chi connectivity index (χ0) is 13.1. The van der Waals surface area contributed by atoms with Gasteiger partial charge in [-0.3, -0.25) is 4.79 Å². The van der Waals surface area contributed by atoms with Crippen LogP contribution >= 0.6 is 0 Å². The monoisotopic (exact) mass is 227 g/mol. The molecule has 1 N–H and O–H groups in total. The Morgan fingerprint density at radius 2 is 1.56 bits per heavy atom. The van der Waals surface area contributed by atoms with Gasteiger partial charge in [0, 0.05) is 22.9 Å². The van der Waals surface area contributed by atoms with Crippen LogP contribution in [0.15, 0.2) is 0 Å². The Hall–Kier alpha value is -0.370. The van der Waals surface area contributed by atoms with Crippen LogP contribution in [0.4, 0.5) is 0 Å². The molecule has 0 aromatic rings. The van der Waals surface area contributed by atoms with Crippen molar-refractivity contribution in [2.24, 2.45) is 11.3 Å². The number of carbonyl (C=O) groups is 1. The molecule has 0 spiro atoms. The first-order chi connectivity index (χ1) is 7.06. The van der Waals surface area contributed by atoms with Crippen molar-refractivity contribution in [3.8, 4) is 0 Å². The Morgan fingerprint density at radius 1 is 1.12 bits per heavy atom. The molecule has 16 heavy (non-hydrogen) atoms. The molecule has 0 heterocycles. The fourth-order valence-corrected chi connectivity index (χ4v) is 2.01. The molecule has 1 atom stereocenters. The lowest BCUT2D eigenvalue weighted by atomic mass is 9.68. The minimum absolute atomic E-state index is 0.142. The maximum atomic E-state index is 12.4. The standard InChI is InChI=1S/C14H29NO/c1-9-11(4)12(16)13(5,6)14(7,8)15-10(2)3/h10-11,15H,9H2,1-8H3. The second-order valence-electron chi connectivity index (χ2n) is 6.22. The highest BCUT2D eigenvalue weighted by Gasteiger charge is 2.44. The summed E-state index contributed by atoms with van der Waals surface area (Å²) in [5, 5.41) is 3.50. The molecular formula is C14H29NO. The van der Waals surface area contributed by atoms with Gasteiger partial charge in [0.15, 0.2) is 0 Å². The second-order valence-corrected chi connectivity index (χ2v) is 6.22. The molecule has 0 saturated carbocycles. The van der Waals surface area contributed by atoms with Gasteiger partial charge in [-0.05, 0) is 20.3 Å². The molecule has 0 fully saturated rings. The minimum Gasteiger partial charge on any atom is -0.309 e. The van der Waals surface area contributed by atoms with Gasteiger partial charge in [0.2, 0.25) is 0 Å². The summed E-state index contributed by atoms with van der Waals surface area (Å²) in [6, 6.07) is 0.388. The average molecular weight is 227 g/mol. The maximum absolute atomic E-state index is 12.4. The van der Waals surface area contributed by atoms with Crippen molar-refractivity contribution in [2.75, 3.05) is 0 Å². The van der Waals surface area contributed by atoms with E-state index in [1.807, 2.05) is 6.92 Å². The van der Waals surface area contributed by atoms with Crippen molar-refractivity contribution in [2.45, 2.75) is 73.4 Å². The van der Waals surface area contributed by atoms with Crippen LogP contribution in [-0.2, 0) is 4.79 Å². The maximum Gasteiger partial charge on any atom is 0.143 e. The van der Waals surface area contributed by atoms with E-state index in [0.717, 1.165) is 6.42 Å². The SMILES string of the molecule is CCC(C)C(=O)C(C)(C)C(C)(C)NC(C)C. The Kier molecular flexibility index (Phi) is 5.18. The van der Waals surface area contributed by atoms with Crippen molar-refractivity contribution in [3.05, 3.63) is 0 Å². The Balaban J connectivity index is 4.95. The topological polar surface area (TPSA) is 29.1 Å². The molecule has 0 aliphatic rings. The quantitative estimate of drug-likeness (QED) is 0.753. The lowest BCUT2D eigenvalue weighted by Gasteiger charge is -2.43. The molecule has 0 aliphatic heterocycles. The first-order valence-electron chi connectivity index (χ1n) is 6.38. The summed E-state index contributed by atoms with van der Waals surface area (Å²) in [6.45, 7) is 16.7. The molecule has 0 amide bonds. The summed E-state index contributed by atoms with van der Waals surface area (Å²) in [5.41, 5.74) is -0.519. The fraction of sp³-hybridized carbons (Fsp3) is 0.929. The van der Waals surface area contributed by atoms with Crippen molar-refractivity contribution in [1.82, 2.24) is 5.32 Å². The van der Waals surface area contributed by atoms with Crippen LogP contribution < -0.4 is 5.32 Å². The Labute approximate surface area is 101 Å². The summed E-state index contributed by atoms with van der Waals surface area (Å²) in [6.07, 6.45) is 0.917. The largest absolute Gasteiger partial charge is 0.309 e. The summed E-state index contributed by atoms with van der Waals surface area (Å²) < 4.78 is 0. The molecule has 1 unspecified atom stereocenters. The van der Waals surface area contributed by atoms with E-state index < -0.39 is 0 Å². The van der Waals surface area contributed by atoms with Gasteiger partial charge < -0.3 is 5.32 Å². The summed E-state index contributed by atoms with van der Waals surface area (Å²) >= 11 is 0. The number of rotatable bonds is 6. The van der Waals surface area contributed by atoms with Gasteiger partial charge in [0.25, 0.3) is 0 Å².